The van der Waals surface area contributed by atoms with Crippen LogP contribution in [0.5, 0.6) is 0 Å². The van der Waals surface area contributed by atoms with E-state index >= 15 is 0 Å². The molecule has 3 N–H and O–H groups in total. The average Bonchev–Trinajstić information content (AvgIpc) is 2.49. The number of piperazine rings is 1. The lowest BCUT2D eigenvalue weighted by Gasteiger charge is -2.35. The molecule has 9 heteroatoms. The third-order valence-electron chi connectivity index (χ3n) is 3.30. The Bertz CT molecular complexity index is 455. The van der Waals surface area contributed by atoms with Gasteiger partial charge in [0.15, 0.2) is 11.0 Å². The van der Waals surface area contributed by atoms with E-state index < -0.39 is 6.10 Å². The minimum atomic E-state index is -0.458. The fraction of sp³-hybridized carbons (Fsp3) is 0.750. The van der Waals surface area contributed by atoms with Crippen molar-refractivity contribution >= 4 is 23.4 Å². The highest BCUT2D eigenvalue weighted by Crippen LogP contribution is 2.16. The van der Waals surface area contributed by atoms with Crippen LogP contribution in [0.3, 0.4) is 0 Å². The molecule has 1 aromatic heterocycles. The van der Waals surface area contributed by atoms with Crippen molar-refractivity contribution in [1.82, 2.24) is 20.1 Å². The maximum Gasteiger partial charge on any atom is 0.247 e. The number of nitrogens with zero attached hydrogens (tertiary/aromatic N) is 5. The number of ether oxygens (including phenoxy) is 1. The summed E-state index contributed by atoms with van der Waals surface area (Å²) in [4.78, 5) is 8.33. The largest absolute Gasteiger partial charge is 0.389 e. The third-order valence-corrected chi connectivity index (χ3v) is 3.57. The molecule has 1 fully saturated rings. The van der Waals surface area contributed by atoms with E-state index in [0.29, 0.717) is 25.7 Å². The Balaban J connectivity index is 1.81. The lowest BCUT2D eigenvalue weighted by atomic mass is 10.2. The first-order valence-corrected chi connectivity index (χ1v) is 7.36. The minimum Gasteiger partial charge on any atom is -0.389 e. The zero-order chi connectivity index (χ0) is 15.2. The topological polar surface area (TPSA) is 101 Å². The van der Waals surface area contributed by atoms with Crippen molar-refractivity contribution < 1.29 is 9.84 Å². The zero-order valence-electron chi connectivity index (χ0n) is 12.1. The van der Waals surface area contributed by atoms with Gasteiger partial charge < -0.3 is 20.5 Å². The molecule has 2 heterocycles. The minimum absolute atomic E-state index is 0.122. The van der Waals surface area contributed by atoms with Gasteiger partial charge in [-0.3, -0.25) is 4.90 Å². The number of anilines is 2. The lowest BCUT2D eigenvalue weighted by Crippen LogP contribution is -2.49. The Morgan fingerprint density at radius 1 is 1.33 bits per heavy atom. The summed E-state index contributed by atoms with van der Waals surface area (Å²) in [5, 5.41) is 17.7. The van der Waals surface area contributed by atoms with Gasteiger partial charge >= 0.3 is 0 Å². The van der Waals surface area contributed by atoms with Crippen LogP contribution in [0.25, 0.3) is 0 Å². The van der Waals surface area contributed by atoms with E-state index in [1.54, 1.807) is 0 Å². The molecule has 2 rings (SSSR count). The molecule has 1 aliphatic rings. The van der Waals surface area contributed by atoms with Crippen LogP contribution < -0.4 is 10.6 Å². The number of aliphatic hydroxyl groups is 1. The number of hydrogen-bond donors (Lipinski definition) is 2. The Kier molecular flexibility index (Phi) is 5.92. The second kappa shape index (κ2) is 7.69. The van der Waals surface area contributed by atoms with E-state index in [9.17, 15) is 5.11 Å². The van der Waals surface area contributed by atoms with Gasteiger partial charge in [0, 0.05) is 39.3 Å². The van der Waals surface area contributed by atoms with Crippen LogP contribution in [0.2, 0.25) is 5.15 Å². The van der Waals surface area contributed by atoms with Crippen molar-refractivity contribution in [2.45, 2.75) is 13.0 Å². The molecular formula is C12H21ClN6O2. The summed E-state index contributed by atoms with van der Waals surface area (Å²) >= 11 is 5.71. The molecule has 0 aromatic carbocycles. The van der Waals surface area contributed by atoms with E-state index in [-0.39, 0.29) is 11.0 Å². The smallest absolute Gasteiger partial charge is 0.247 e. The molecule has 21 heavy (non-hydrogen) atoms. The van der Waals surface area contributed by atoms with Crippen LogP contribution in [-0.4, -0.2) is 77.2 Å². The molecule has 1 atom stereocenters. The molecule has 1 aromatic rings. The number of nitrogens with two attached hydrogens (primary N) is 1. The Labute approximate surface area is 128 Å². The number of β-amino-alcohol motifs (C(OH)–C–C–N with tert-alkyl or cyclic N) is 1. The monoisotopic (exact) mass is 316 g/mol. The molecule has 118 valence electrons. The van der Waals surface area contributed by atoms with Gasteiger partial charge in [0.1, 0.15) is 0 Å². The summed E-state index contributed by atoms with van der Waals surface area (Å²) in [6.45, 7) is 6.65. The summed E-state index contributed by atoms with van der Waals surface area (Å²) in [7, 11) is 0. The maximum absolute atomic E-state index is 9.84. The van der Waals surface area contributed by atoms with Crippen LogP contribution >= 0.6 is 11.6 Å². The second-order valence-electron chi connectivity index (χ2n) is 4.89. The standard InChI is InChI=1S/C12H21ClN6O2/c1-2-21-8-9(20)7-18-3-5-19(6-4-18)12-15-11(14)10(13)16-17-12/h9,20H,2-8H2,1H3,(H2,14,15,17). The fourth-order valence-electron chi connectivity index (χ4n) is 2.19. The predicted molar refractivity (Wildman–Crippen MR) is 80.4 cm³/mol. The average molecular weight is 317 g/mol. The van der Waals surface area contributed by atoms with Crippen molar-refractivity contribution in [3.63, 3.8) is 0 Å². The first-order chi connectivity index (χ1) is 10.1. The Morgan fingerprint density at radius 3 is 2.67 bits per heavy atom. The number of halogens is 1. The summed E-state index contributed by atoms with van der Waals surface area (Å²) in [6, 6.07) is 0. The molecule has 0 saturated carbocycles. The van der Waals surface area contributed by atoms with Crippen LogP contribution in [0.15, 0.2) is 0 Å². The molecule has 0 radical (unpaired) electrons. The maximum atomic E-state index is 9.84. The van der Waals surface area contributed by atoms with Gasteiger partial charge in [0.25, 0.3) is 0 Å². The van der Waals surface area contributed by atoms with Gasteiger partial charge in [-0.2, -0.15) is 4.98 Å². The van der Waals surface area contributed by atoms with E-state index in [1.807, 2.05) is 11.8 Å². The summed E-state index contributed by atoms with van der Waals surface area (Å²) < 4.78 is 5.21. The quantitative estimate of drug-likeness (QED) is 0.733. The molecule has 8 nitrogen and oxygen atoms in total. The van der Waals surface area contributed by atoms with Crippen molar-refractivity contribution in [2.24, 2.45) is 0 Å². The molecule has 0 bridgehead atoms. The van der Waals surface area contributed by atoms with Gasteiger partial charge in [0.05, 0.1) is 12.7 Å². The van der Waals surface area contributed by atoms with Crippen LogP contribution in [-0.2, 0) is 4.74 Å². The van der Waals surface area contributed by atoms with E-state index in [0.717, 1.165) is 26.2 Å². The van der Waals surface area contributed by atoms with E-state index in [2.05, 4.69) is 20.1 Å². The number of aliphatic hydroxyl groups excluding tert-OH is 1. The van der Waals surface area contributed by atoms with Gasteiger partial charge in [-0.25, -0.2) is 0 Å². The van der Waals surface area contributed by atoms with Gasteiger partial charge in [-0.05, 0) is 6.92 Å². The summed E-state index contributed by atoms with van der Waals surface area (Å²) in [5.41, 5.74) is 5.64. The van der Waals surface area contributed by atoms with Gasteiger partial charge in [-0.1, -0.05) is 11.6 Å². The normalized spacial score (nSPS) is 18.0. The highest BCUT2D eigenvalue weighted by atomic mass is 35.5. The Morgan fingerprint density at radius 2 is 2.05 bits per heavy atom. The van der Waals surface area contributed by atoms with Crippen molar-refractivity contribution in [3.05, 3.63) is 5.15 Å². The zero-order valence-corrected chi connectivity index (χ0v) is 12.8. The molecule has 1 aliphatic heterocycles. The number of rotatable bonds is 6. The molecule has 0 spiro atoms. The fourth-order valence-corrected chi connectivity index (χ4v) is 2.27. The second-order valence-corrected chi connectivity index (χ2v) is 5.25. The van der Waals surface area contributed by atoms with Crippen LogP contribution in [0.1, 0.15) is 6.92 Å². The van der Waals surface area contributed by atoms with E-state index in [4.69, 9.17) is 22.1 Å². The molecule has 0 amide bonds. The number of hydrogen-bond acceptors (Lipinski definition) is 8. The highest BCUT2D eigenvalue weighted by Gasteiger charge is 2.21. The highest BCUT2D eigenvalue weighted by molar-refractivity contribution is 6.31. The predicted octanol–water partition coefficient (Wildman–Crippen LogP) is -0.373. The summed E-state index contributed by atoms with van der Waals surface area (Å²) in [6.07, 6.45) is -0.458. The van der Waals surface area contributed by atoms with Crippen molar-refractivity contribution in [3.8, 4) is 0 Å². The molecule has 1 saturated heterocycles. The molecule has 0 aliphatic carbocycles. The first-order valence-electron chi connectivity index (χ1n) is 6.99. The van der Waals surface area contributed by atoms with Gasteiger partial charge in [-0.15, -0.1) is 10.2 Å². The van der Waals surface area contributed by atoms with Crippen molar-refractivity contribution in [2.75, 3.05) is 56.6 Å². The number of aromatic nitrogens is 3. The van der Waals surface area contributed by atoms with E-state index in [1.165, 1.54) is 0 Å². The first kappa shape index (κ1) is 16.2. The SMILES string of the molecule is CCOCC(O)CN1CCN(c2nnc(Cl)c(N)n2)CC1. The van der Waals surface area contributed by atoms with Crippen molar-refractivity contribution in [1.29, 1.82) is 0 Å². The molecule has 1 unspecified atom stereocenters. The van der Waals surface area contributed by atoms with Crippen LogP contribution in [0, 0.1) is 0 Å². The molecular weight excluding hydrogens is 296 g/mol. The van der Waals surface area contributed by atoms with Gasteiger partial charge in [0.2, 0.25) is 5.95 Å². The summed E-state index contributed by atoms with van der Waals surface area (Å²) in [5.74, 6) is 0.683. The lowest BCUT2D eigenvalue weighted by molar-refractivity contribution is 0.0202. The third kappa shape index (κ3) is 4.63. The Hall–Kier alpha value is -1.22. The van der Waals surface area contributed by atoms with Crippen LogP contribution in [0.4, 0.5) is 11.8 Å². The number of nitrogen functional groups attached to an aromatic ring is 1.